The fraction of sp³-hybridized carbons (Fsp3) is 0. The first-order chi connectivity index (χ1) is 7.02. The molecule has 7 heteroatoms. The van der Waals surface area contributed by atoms with Gasteiger partial charge in [-0.25, -0.2) is 10.2 Å². The predicted molar refractivity (Wildman–Crippen MR) is 61.1 cm³/mol. The van der Waals surface area contributed by atoms with E-state index in [-0.39, 0.29) is 5.75 Å². The number of amides is 2. The van der Waals surface area contributed by atoms with E-state index in [1.165, 1.54) is 18.3 Å². The van der Waals surface area contributed by atoms with Gasteiger partial charge in [-0.1, -0.05) is 11.6 Å². The number of urea groups is 1. The number of hydrogen-bond donors (Lipinski definition) is 3. The Balaban J connectivity index is 2.98. The molecule has 0 fully saturated rings. The normalized spacial score (nSPS) is 10.5. The molecular weight excluding hydrogens is 285 g/mol. The number of hydrazone groups is 1. The van der Waals surface area contributed by atoms with Gasteiger partial charge in [0.15, 0.2) is 0 Å². The third-order valence-electron chi connectivity index (χ3n) is 1.48. The predicted octanol–water partition coefficient (Wildman–Crippen LogP) is 1.81. The fourth-order valence-electron chi connectivity index (χ4n) is 0.839. The summed E-state index contributed by atoms with van der Waals surface area (Å²) in [4.78, 5) is 10.3. The van der Waals surface area contributed by atoms with E-state index >= 15 is 0 Å². The topological polar surface area (TPSA) is 87.7 Å². The van der Waals surface area contributed by atoms with Gasteiger partial charge in [-0.15, -0.1) is 0 Å². The number of primary amides is 1. The summed E-state index contributed by atoms with van der Waals surface area (Å²) >= 11 is 8.97. The van der Waals surface area contributed by atoms with Crippen molar-refractivity contribution in [2.75, 3.05) is 0 Å². The summed E-state index contributed by atoms with van der Waals surface area (Å²) in [6.07, 6.45) is 1.23. The Hall–Kier alpha value is -1.27. The molecule has 4 N–H and O–H groups in total. The minimum Gasteiger partial charge on any atom is -0.507 e. The van der Waals surface area contributed by atoms with Crippen LogP contribution in [0.2, 0.25) is 5.02 Å². The molecule has 0 aliphatic heterocycles. The molecular formula is C8H7BrClN3O2. The molecule has 1 rings (SSSR count). The van der Waals surface area contributed by atoms with Crippen molar-refractivity contribution in [2.24, 2.45) is 10.8 Å². The van der Waals surface area contributed by atoms with Crippen molar-refractivity contribution in [1.29, 1.82) is 0 Å². The molecule has 0 saturated heterocycles. The van der Waals surface area contributed by atoms with Crippen molar-refractivity contribution < 1.29 is 9.90 Å². The van der Waals surface area contributed by atoms with Crippen molar-refractivity contribution in [3.05, 3.63) is 27.2 Å². The van der Waals surface area contributed by atoms with Gasteiger partial charge in [0.1, 0.15) is 5.75 Å². The molecule has 5 nitrogen and oxygen atoms in total. The maximum absolute atomic E-state index is 10.3. The Bertz CT molecular complexity index is 423. The smallest absolute Gasteiger partial charge is 0.332 e. The second kappa shape index (κ2) is 4.99. The van der Waals surface area contributed by atoms with Crippen LogP contribution < -0.4 is 11.2 Å². The summed E-state index contributed by atoms with van der Waals surface area (Å²) in [6.45, 7) is 0. The largest absolute Gasteiger partial charge is 0.507 e. The van der Waals surface area contributed by atoms with Crippen LogP contribution in [0.25, 0.3) is 0 Å². The maximum Gasteiger partial charge on any atom is 0.332 e. The Morgan fingerprint density at radius 1 is 1.67 bits per heavy atom. The maximum atomic E-state index is 10.3. The van der Waals surface area contributed by atoms with Crippen molar-refractivity contribution in [1.82, 2.24) is 5.43 Å². The molecule has 0 aromatic heterocycles. The lowest BCUT2D eigenvalue weighted by Gasteiger charge is -2.03. The number of nitrogens with zero attached hydrogens (tertiary/aromatic N) is 1. The standard InChI is InChI=1S/C8H7BrClN3O2/c9-7-4(3-12-13-8(11)15)6(14)2-1-5(7)10/h1-3,14H,(H3,11,13,15). The first kappa shape index (κ1) is 11.8. The van der Waals surface area contributed by atoms with Gasteiger partial charge in [0.05, 0.1) is 16.8 Å². The molecule has 80 valence electrons. The summed E-state index contributed by atoms with van der Waals surface area (Å²) in [7, 11) is 0. The Morgan fingerprint density at radius 2 is 2.33 bits per heavy atom. The quantitative estimate of drug-likeness (QED) is 0.573. The van der Waals surface area contributed by atoms with Crippen LogP contribution in [0.5, 0.6) is 5.75 Å². The molecule has 0 bridgehead atoms. The Labute approximate surface area is 99.0 Å². The number of benzene rings is 1. The molecule has 0 heterocycles. The number of phenols is 1. The van der Waals surface area contributed by atoms with Gasteiger partial charge < -0.3 is 10.8 Å². The lowest BCUT2D eigenvalue weighted by Crippen LogP contribution is -2.24. The molecule has 2 amide bonds. The van der Waals surface area contributed by atoms with Gasteiger partial charge in [-0.3, -0.25) is 0 Å². The number of aromatic hydroxyl groups is 1. The fourth-order valence-corrected chi connectivity index (χ4v) is 1.44. The molecule has 1 aromatic carbocycles. The van der Waals surface area contributed by atoms with E-state index in [1.807, 2.05) is 5.43 Å². The van der Waals surface area contributed by atoms with Gasteiger partial charge in [0, 0.05) is 4.47 Å². The van der Waals surface area contributed by atoms with E-state index in [9.17, 15) is 9.90 Å². The number of rotatable bonds is 2. The third kappa shape index (κ3) is 3.10. The number of nitrogens with two attached hydrogens (primary N) is 1. The molecule has 1 aromatic rings. The van der Waals surface area contributed by atoms with Crippen LogP contribution in [0.4, 0.5) is 4.79 Å². The van der Waals surface area contributed by atoms with Crippen LogP contribution >= 0.6 is 27.5 Å². The molecule has 15 heavy (non-hydrogen) atoms. The summed E-state index contributed by atoms with van der Waals surface area (Å²) in [5.74, 6) is -0.0127. The highest BCUT2D eigenvalue weighted by molar-refractivity contribution is 9.10. The number of carbonyl (C=O) groups is 1. The van der Waals surface area contributed by atoms with E-state index in [1.54, 1.807) is 0 Å². The number of nitrogens with one attached hydrogen (secondary N) is 1. The highest BCUT2D eigenvalue weighted by Gasteiger charge is 2.07. The lowest BCUT2D eigenvalue weighted by atomic mass is 10.2. The number of halogens is 2. The number of carbonyl (C=O) groups excluding carboxylic acids is 1. The highest BCUT2D eigenvalue weighted by atomic mass is 79.9. The first-order valence-corrected chi connectivity index (χ1v) is 4.95. The number of phenolic OH excluding ortho intramolecular Hbond substituents is 1. The van der Waals surface area contributed by atoms with Gasteiger partial charge in [0.25, 0.3) is 0 Å². The molecule has 0 aliphatic rings. The van der Waals surface area contributed by atoms with Gasteiger partial charge >= 0.3 is 6.03 Å². The van der Waals surface area contributed by atoms with Crippen molar-refractivity contribution >= 4 is 39.8 Å². The Kier molecular flexibility index (Phi) is 3.93. The van der Waals surface area contributed by atoms with Gasteiger partial charge in [-0.2, -0.15) is 5.10 Å². The minimum absolute atomic E-state index is 0.0127. The van der Waals surface area contributed by atoms with Crippen molar-refractivity contribution in [3.63, 3.8) is 0 Å². The SMILES string of the molecule is NC(=O)NN=Cc1c(O)ccc(Cl)c1Br. The summed E-state index contributed by atoms with van der Waals surface area (Å²) in [5.41, 5.74) is 7.16. The zero-order chi connectivity index (χ0) is 11.4. The van der Waals surface area contributed by atoms with E-state index in [0.717, 1.165) is 0 Å². The first-order valence-electron chi connectivity index (χ1n) is 3.78. The van der Waals surface area contributed by atoms with Crippen LogP contribution in [0.3, 0.4) is 0 Å². The second-order valence-electron chi connectivity index (χ2n) is 2.53. The number of hydrogen-bond acceptors (Lipinski definition) is 3. The van der Waals surface area contributed by atoms with Gasteiger partial charge in [0.2, 0.25) is 0 Å². The minimum atomic E-state index is -0.788. The van der Waals surface area contributed by atoms with E-state index in [4.69, 9.17) is 17.3 Å². The van der Waals surface area contributed by atoms with Crippen molar-refractivity contribution in [2.45, 2.75) is 0 Å². The Morgan fingerprint density at radius 3 is 2.93 bits per heavy atom. The molecule has 0 aliphatic carbocycles. The van der Waals surface area contributed by atoms with E-state index in [2.05, 4.69) is 21.0 Å². The van der Waals surface area contributed by atoms with Crippen LogP contribution in [-0.4, -0.2) is 17.4 Å². The molecule has 0 radical (unpaired) electrons. The zero-order valence-corrected chi connectivity index (χ0v) is 9.71. The monoisotopic (exact) mass is 291 g/mol. The third-order valence-corrected chi connectivity index (χ3v) is 2.88. The van der Waals surface area contributed by atoms with Crippen molar-refractivity contribution in [3.8, 4) is 5.75 Å². The van der Waals surface area contributed by atoms with Crippen LogP contribution in [0.15, 0.2) is 21.7 Å². The zero-order valence-electron chi connectivity index (χ0n) is 7.37. The molecule has 0 unspecified atom stereocenters. The summed E-state index contributed by atoms with van der Waals surface area (Å²) < 4.78 is 0.485. The molecule has 0 spiro atoms. The van der Waals surface area contributed by atoms with Crippen LogP contribution in [0.1, 0.15) is 5.56 Å². The van der Waals surface area contributed by atoms with Gasteiger partial charge in [-0.05, 0) is 28.1 Å². The molecule has 0 saturated carbocycles. The summed E-state index contributed by atoms with van der Waals surface area (Å²) in [5, 5.41) is 13.4. The summed E-state index contributed by atoms with van der Waals surface area (Å²) in [6, 6.07) is 2.15. The van der Waals surface area contributed by atoms with E-state index < -0.39 is 6.03 Å². The highest BCUT2D eigenvalue weighted by Crippen LogP contribution is 2.31. The average Bonchev–Trinajstić information content (AvgIpc) is 2.17. The van der Waals surface area contributed by atoms with Crippen LogP contribution in [-0.2, 0) is 0 Å². The van der Waals surface area contributed by atoms with Crippen LogP contribution in [0, 0.1) is 0 Å². The van der Waals surface area contributed by atoms with E-state index in [0.29, 0.717) is 15.1 Å². The molecule has 0 atom stereocenters. The second-order valence-corrected chi connectivity index (χ2v) is 3.73. The lowest BCUT2D eigenvalue weighted by molar-refractivity contribution is 0.249. The average molecular weight is 293 g/mol.